The van der Waals surface area contributed by atoms with Gasteiger partial charge in [0.2, 0.25) is 0 Å². The highest BCUT2D eigenvalue weighted by Gasteiger charge is 2.17. The van der Waals surface area contributed by atoms with E-state index in [1.54, 1.807) is 0 Å². The first-order chi connectivity index (χ1) is 11.9. The molecule has 0 N–H and O–H groups in total. The van der Waals surface area contributed by atoms with E-state index in [-0.39, 0.29) is 11.0 Å². The van der Waals surface area contributed by atoms with E-state index in [0.717, 1.165) is 33.5 Å². The molecule has 0 aliphatic heterocycles. The molecule has 1 aromatic heterocycles. The van der Waals surface area contributed by atoms with Crippen LogP contribution < -0.4 is 5.63 Å². The zero-order valence-electron chi connectivity index (χ0n) is 15.1. The Morgan fingerprint density at radius 2 is 1.56 bits per heavy atom. The van der Waals surface area contributed by atoms with Gasteiger partial charge in [-0.1, -0.05) is 64.1 Å². The number of benzene rings is 3. The summed E-state index contributed by atoms with van der Waals surface area (Å²) in [5.74, 6) is 0. The minimum absolute atomic E-state index is 0.00444. The van der Waals surface area contributed by atoms with Gasteiger partial charge in [0.15, 0.2) is 0 Å². The van der Waals surface area contributed by atoms with Crippen LogP contribution in [0, 0.1) is 0 Å². The van der Waals surface area contributed by atoms with E-state index in [0.29, 0.717) is 11.0 Å². The van der Waals surface area contributed by atoms with Gasteiger partial charge < -0.3 is 4.42 Å². The second-order valence-electron chi connectivity index (χ2n) is 7.75. The molecule has 0 spiro atoms. The minimum Gasteiger partial charge on any atom is -0.422 e. The number of hydrogen-bond acceptors (Lipinski definition) is 2. The molecular weight excluding hydrogens is 308 g/mol. The molecule has 126 valence electrons. The van der Waals surface area contributed by atoms with Gasteiger partial charge in [-0.3, -0.25) is 0 Å². The van der Waals surface area contributed by atoms with Gasteiger partial charge in [-0.2, -0.15) is 0 Å². The molecule has 1 heterocycles. The summed E-state index contributed by atoms with van der Waals surface area (Å²) in [5, 5.41) is 4.71. The van der Waals surface area contributed by atoms with E-state index in [1.165, 1.54) is 5.56 Å². The zero-order chi connectivity index (χ0) is 17.8. The maximum atomic E-state index is 12.7. The van der Waals surface area contributed by atoms with Crippen molar-refractivity contribution in [3.8, 4) is 0 Å². The second kappa shape index (κ2) is 5.45. The molecule has 25 heavy (non-hydrogen) atoms. The lowest BCUT2D eigenvalue weighted by Gasteiger charge is -2.19. The van der Waals surface area contributed by atoms with Crippen LogP contribution in [0.2, 0.25) is 0 Å². The summed E-state index contributed by atoms with van der Waals surface area (Å²) >= 11 is 0. The molecule has 2 heteroatoms. The maximum Gasteiger partial charge on any atom is 0.344 e. The standard InChI is InChI=1S/C23H22O2/c1-5-14-6-9-17-15(12-14)7-10-19-18-11-8-16(23(2,3)4)13-20(18)22(24)25-21(17)19/h6-13H,5H2,1-4H3. The highest BCUT2D eigenvalue weighted by atomic mass is 16.4. The Bertz CT molecular complexity index is 1170. The van der Waals surface area contributed by atoms with Crippen LogP contribution in [0.3, 0.4) is 0 Å². The van der Waals surface area contributed by atoms with Crippen LogP contribution in [-0.2, 0) is 11.8 Å². The van der Waals surface area contributed by atoms with Gasteiger partial charge >= 0.3 is 5.63 Å². The summed E-state index contributed by atoms with van der Waals surface area (Å²) in [6, 6.07) is 16.7. The van der Waals surface area contributed by atoms with Crippen LogP contribution in [0.25, 0.3) is 32.5 Å². The third-order valence-corrected chi connectivity index (χ3v) is 5.03. The Labute approximate surface area is 147 Å². The number of rotatable bonds is 1. The third-order valence-electron chi connectivity index (χ3n) is 5.03. The first-order valence-electron chi connectivity index (χ1n) is 8.81. The van der Waals surface area contributed by atoms with Gasteiger partial charge in [0.1, 0.15) is 5.58 Å². The van der Waals surface area contributed by atoms with E-state index in [2.05, 4.69) is 70.2 Å². The fourth-order valence-electron chi connectivity index (χ4n) is 3.45. The first-order valence-corrected chi connectivity index (χ1v) is 8.81. The molecule has 0 aliphatic carbocycles. The van der Waals surface area contributed by atoms with Gasteiger partial charge in [-0.25, -0.2) is 4.79 Å². The molecule has 0 amide bonds. The monoisotopic (exact) mass is 330 g/mol. The highest BCUT2D eigenvalue weighted by Crippen LogP contribution is 2.32. The van der Waals surface area contributed by atoms with Gasteiger partial charge in [-0.15, -0.1) is 0 Å². The molecule has 0 saturated heterocycles. The summed E-state index contributed by atoms with van der Waals surface area (Å²) < 4.78 is 5.77. The van der Waals surface area contributed by atoms with Crippen LogP contribution in [0.1, 0.15) is 38.8 Å². The largest absolute Gasteiger partial charge is 0.422 e. The van der Waals surface area contributed by atoms with E-state index < -0.39 is 0 Å². The smallest absolute Gasteiger partial charge is 0.344 e. The molecular formula is C23H22O2. The maximum absolute atomic E-state index is 12.7. The topological polar surface area (TPSA) is 30.2 Å². The summed E-state index contributed by atoms with van der Waals surface area (Å²) in [7, 11) is 0. The summed E-state index contributed by atoms with van der Waals surface area (Å²) in [6.07, 6.45) is 0.991. The molecule has 0 bridgehead atoms. The van der Waals surface area contributed by atoms with E-state index in [9.17, 15) is 4.79 Å². The van der Waals surface area contributed by atoms with Crippen molar-refractivity contribution in [3.63, 3.8) is 0 Å². The van der Waals surface area contributed by atoms with Crippen LogP contribution in [-0.4, -0.2) is 0 Å². The summed E-state index contributed by atoms with van der Waals surface area (Å²) in [5.41, 5.74) is 2.84. The molecule has 0 unspecified atom stereocenters. The van der Waals surface area contributed by atoms with Crippen molar-refractivity contribution in [2.45, 2.75) is 39.5 Å². The lowest BCUT2D eigenvalue weighted by atomic mass is 9.86. The quantitative estimate of drug-likeness (QED) is 0.318. The van der Waals surface area contributed by atoms with Crippen LogP contribution in [0.5, 0.6) is 0 Å². The van der Waals surface area contributed by atoms with Crippen molar-refractivity contribution in [1.82, 2.24) is 0 Å². The summed E-state index contributed by atoms with van der Waals surface area (Å²) in [6.45, 7) is 8.59. The van der Waals surface area contributed by atoms with Crippen molar-refractivity contribution in [1.29, 1.82) is 0 Å². The summed E-state index contributed by atoms with van der Waals surface area (Å²) in [4.78, 5) is 12.7. The second-order valence-corrected chi connectivity index (χ2v) is 7.75. The molecule has 4 aromatic rings. The third kappa shape index (κ3) is 2.53. The van der Waals surface area contributed by atoms with Crippen LogP contribution >= 0.6 is 0 Å². The van der Waals surface area contributed by atoms with Crippen LogP contribution in [0.15, 0.2) is 57.7 Å². The predicted octanol–water partition coefficient (Wildman–Crippen LogP) is 5.96. The lowest BCUT2D eigenvalue weighted by molar-refractivity contribution is 0.571. The van der Waals surface area contributed by atoms with Gasteiger partial charge in [0.25, 0.3) is 0 Å². The normalized spacial score (nSPS) is 12.3. The first kappa shape index (κ1) is 15.9. The van der Waals surface area contributed by atoms with Crippen molar-refractivity contribution < 1.29 is 4.42 Å². The van der Waals surface area contributed by atoms with Crippen molar-refractivity contribution >= 4 is 32.5 Å². The molecule has 0 radical (unpaired) electrons. The molecule has 0 aliphatic rings. The zero-order valence-corrected chi connectivity index (χ0v) is 15.1. The Kier molecular flexibility index (Phi) is 3.47. The molecule has 0 fully saturated rings. The predicted molar refractivity (Wildman–Crippen MR) is 106 cm³/mol. The Balaban J connectivity index is 2.11. The lowest BCUT2D eigenvalue weighted by Crippen LogP contribution is -2.12. The van der Waals surface area contributed by atoms with Crippen molar-refractivity contribution in [3.05, 3.63) is 70.1 Å². The van der Waals surface area contributed by atoms with Crippen molar-refractivity contribution in [2.24, 2.45) is 0 Å². The van der Waals surface area contributed by atoms with Gasteiger partial charge in [0, 0.05) is 10.8 Å². The number of hydrogen-bond donors (Lipinski definition) is 0. The molecule has 2 nitrogen and oxygen atoms in total. The number of fused-ring (bicyclic) bond motifs is 5. The highest BCUT2D eigenvalue weighted by molar-refractivity contribution is 6.13. The van der Waals surface area contributed by atoms with E-state index in [4.69, 9.17) is 4.42 Å². The SMILES string of the molecule is CCc1ccc2c(ccc3c4ccc(C(C)(C)C)cc4c(=O)oc23)c1. The Morgan fingerprint density at radius 3 is 2.28 bits per heavy atom. The van der Waals surface area contributed by atoms with Gasteiger partial charge in [-0.05, 0) is 45.9 Å². The molecule has 0 saturated carbocycles. The average Bonchev–Trinajstić information content (AvgIpc) is 2.60. The average molecular weight is 330 g/mol. The van der Waals surface area contributed by atoms with E-state index >= 15 is 0 Å². The molecule has 0 atom stereocenters. The molecule has 3 aromatic carbocycles. The Hall–Kier alpha value is -2.61. The number of aryl methyl sites for hydroxylation is 1. The fraction of sp³-hybridized carbons (Fsp3) is 0.261. The minimum atomic E-state index is -0.263. The van der Waals surface area contributed by atoms with Crippen LogP contribution in [0.4, 0.5) is 0 Å². The van der Waals surface area contributed by atoms with E-state index in [1.807, 2.05) is 6.07 Å². The molecule has 4 rings (SSSR count). The van der Waals surface area contributed by atoms with Crippen molar-refractivity contribution in [2.75, 3.05) is 0 Å². The Morgan fingerprint density at radius 1 is 0.840 bits per heavy atom. The fourth-order valence-corrected chi connectivity index (χ4v) is 3.45. The van der Waals surface area contributed by atoms with Gasteiger partial charge in [0.05, 0.1) is 5.39 Å².